The van der Waals surface area contributed by atoms with Crippen molar-refractivity contribution in [2.75, 3.05) is 13.6 Å². The van der Waals surface area contributed by atoms with Crippen LogP contribution in [-0.2, 0) is 13.0 Å². The first kappa shape index (κ1) is 16.7. The van der Waals surface area contributed by atoms with Gasteiger partial charge >= 0.3 is 5.69 Å². The molecular weight excluding hydrogens is 332 g/mol. The first-order valence-electron chi connectivity index (χ1n) is 9.00. The van der Waals surface area contributed by atoms with Crippen molar-refractivity contribution >= 4 is 10.9 Å². The number of benzene rings is 1. The Bertz CT molecular complexity index is 1090. The fourth-order valence-electron chi connectivity index (χ4n) is 4.11. The quantitative estimate of drug-likeness (QED) is 0.544. The second-order valence-electron chi connectivity index (χ2n) is 6.99. The number of hydrogen-bond donors (Lipinski definition) is 4. The van der Waals surface area contributed by atoms with E-state index in [2.05, 4.69) is 16.0 Å². The number of nitrogens with one attached hydrogen (secondary N) is 3. The maximum absolute atomic E-state index is 12.6. The number of aromatic amines is 2. The van der Waals surface area contributed by atoms with Crippen molar-refractivity contribution in [2.45, 2.75) is 32.4 Å². The second kappa shape index (κ2) is 6.17. The number of quaternary nitrogens is 1. The molecule has 136 valence electrons. The molecule has 1 aliphatic rings. The molecule has 4 N–H and O–H groups in total. The molecule has 1 aromatic carbocycles. The van der Waals surface area contributed by atoms with E-state index in [0.717, 1.165) is 34.5 Å². The van der Waals surface area contributed by atoms with Crippen molar-refractivity contribution in [1.29, 1.82) is 0 Å². The van der Waals surface area contributed by atoms with E-state index in [1.54, 1.807) is 0 Å². The summed E-state index contributed by atoms with van der Waals surface area (Å²) in [5.41, 5.74) is 2.32. The van der Waals surface area contributed by atoms with E-state index in [1.807, 2.05) is 32.2 Å². The van der Waals surface area contributed by atoms with Gasteiger partial charge in [-0.3, -0.25) is 14.3 Å². The molecule has 4 rings (SSSR count). The molecule has 0 bridgehead atoms. The van der Waals surface area contributed by atoms with Gasteiger partial charge in [-0.2, -0.15) is 0 Å². The number of nitrogens with zero attached hydrogens (tertiary/aromatic N) is 1. The minimum atomic E-state index is -0.566. The Balaban J connectivity index is 1.99. The zero-order valence-electron chi connectivity index (χ0n) is 14.9. The normalized spacial score (nSPS) is 19.6. The largest absolute Gasteiger partial charge is 0.494 e. The molecule has 7 heteroatoms. The van der Waals surface area contributed by atoms with Crippen LogP contribution in [0.1, 0.15) is 36.2 Å². The van der Waals surface area contributed by atoms with Gasteiger partial charge in [-0.25, -0.2) is 4.79 Å². The molecule has 7 nitrogen and oxygen atoms in total. The highest BCUT2D eigenvalue weighted by Crippen LogP contribution is 2.32. The van der Waals surface area contributed by atoms with Gasteiger partial charge in [0, 0.05) is 23.9 Å². The predicted octanol–water partition coefficient (Wildman–Crippen LogP) is 0.294. The van der Waals surface area contributed by atoms with Gasteiger partial charge in [0.25, 0.3) is 5.56 Å². The average molecular weight is 355 g/mol. The van der Waals surface area contributed by atoms with E-state index in [1.165, 1.54) is 10.1 Å². The summed E-state index contributed by atoms with van der Waals surface area (Å²) >= 11 is 0. The highest BCUT2D eigenvalue weighted by atomic mass is 16.3. The Morgan fingerprint density at radius 2 is 2.04 bits per heavy atom. The second-order valence-corrected chi connectivity index (χ2v) is 6.99. The molecule has 2 aromatic heterocycles. The van der Waals surface area contributed by atoms with Gasteiger partial charge in [-0.15, -0.1) is 0 Å². The summed E-state index contributed by atoms with van der Waals surface area (Å²) in [6.45, 7) is 3.12. The van der Waals surface area contributed by atoms with Crippen LogP contribution < -0.4 is 16.1 Å². The lowest BCUT2D eigenvalue weighted by Gasteiger charge is -2.30. The summed E-state index contributed by atoms with van der Waals surface area (Å²) in [6.07, 6.45) is 1.58. The van der Waals surface area contributed by atoms with Crippen molar-refractivity contribution in [3.63, 3.8) is 0 Å². The molecule has 0 saturated heterocycles. The van der Waals surface area contributed by atoms with Gasteiger partial charge in [0.2, 0.25) is 5.88 Å². The maximum atomic E-state index is 12.6. The van der Waals surface area contributed by atoms with Crippen molar-refractivity contribution < 1.29 is 10.0 Å². The zero-order chi connectivity index (χ0) is 18.4. The number of para-hydroxylation sites is 1. The van der Waals surface area contributed by atoms with Crippen LogP contribution in [0.15, 0.2) is 33.9 Å². The Labute approximate surface area is 149 Å². The Kier molecular flexibility index (Phi) is 3.96. The van der Waals surface area contributed by atoms with Crippen LogP contribution in [0.5, 0.6) is 5.88 Å². The SMILES string of the molecule is CCCn1c(O)c([C@@H]2c3[nH]c4ccccc4c3CC[NH+]2C)c(=O)[nH]c1=O. The molecule has 0 spiro atoms. The van der Waals surface area contributed by atoms with E-state index in [0.29, 0.717) is 13.0 Å². The fraction of sp³-hybridized carbons (Fsp3) is 0.368. The monoisotopic (exact) mass is 355 g/mol. The standard InChI is InChI=1S/C19H22N4O3/c1-3-9-23-18(25)14(17(24)21-19(23)26)16-15-12(8-10-22(16)2)11-6-4-5-7-13(11)20-15/h4-7,16,20,25H,3,8-10H2,1-2H3,(H,21,24,26)/p+1/t16-/m1/s1. The average Bonchev–Trinajstić information content (AvgIpc) is 2.99. The van der Waals surface area contributed by atoms with Crippen molar-refractivity contribution in [2.24, 2.45) is 0 Å². The highest BCUT2D eigenvalue weighted by molar-refractivity contribution is 5.85. The summed E-state index contributed by atoms with van der Waals surface area (Å²) in [5.74, 6) is -0.226. The van der Waals surface area contributed by atoms with Gasteiger partial charge in [-0.05, 0) is 18.1 Å². The van der Waals surface area contributed by atoms with Crippen molar-refractivity contribution in [1.82, 2.24) is 14.5 Å². The predicted molar refractivity (Wildman–Crippen MR) is 98.9 cm³/mol. The van der Waals surface area contributed by atoms with Gasteiger partial charge in [0.05, 0.1) is 19.3 Å². The third kappa shape index (κ3) is 2.39. The van der Waals surface area contributed by atoms with Gasteiger partial charge in [0.1, 0.15) is 5.56 Å². The Morgan fingerprint density at radius 3 is 2.81 bits per heavy atom. The first-order chi connectivity index (χ1) is 12.5. The number of fused-ring (bicyclic) bond motifs is 3. The minimum Gasteiger partial charge on any atom is -0.494 e. The lowest BCUT2D eigenvalue weighted by Crippen LogP contribution is -3.10. The van der Waals surface area contributed by atoms with E-state index < -0.39 is 11.2 Å². The number of H-pyrrole nitrogens is 2. The lowest BCUT2D eigenvalue weighted by molar-refractivity contribution is -0.908. The van der Waals surface area contributed by atoms with Gasteiger partial charge in [-0.1, -0.05) is 25.1 Å². The number of rotatable bonds is 3. The minimum absolute atomic E-state index is 0.226. The molecule has 0 saturated carbocycles. The maximum Gasteiger partial charge on any atom is 0.331 e. The summed E-state index contributed by atoms with van der Waals surface area (Å²) in [4.78, 5) is 31.6. The molecule has 3 heterocycles. The molecule has 1 unspecified atom stereocenters. The number of hydrogen-bond acceptors (Lipinski definition) is 3. The number of aromatic nitrogens is 3. The topological polar surface area (TPSA) is 95.3 Å². The smallest absolute Gasteiger partial charge is 0.331 e. The van der Waals surface area contributed by atoms with Crippen molar-refractivity contribution in [3.8, 4) is 5.88 Å². The Hall–Kier alpha value is -2.80. The van der Waals surface area contributed by atoms with E-state index in [4.69, 9.17) is 0 Å². The summed E-state index contributed by atoms with van der Waals surface area (Å²) in [5, 5.41) is 11.9. The van der Waals surface area contributed by atoms with Gasteiger partial charge in [0.15, 0.2) is 6.04 Å². The van der Waals surface area contributed by atoms with Gasteiger partial charge < -0.3 is 15.0 Å². The van der Waals surface area contributed by atoms with Crippen LogP contribution >= 0.6 is 0 Å². The molecule has 26 heavy (non-hydrogen) atoms. The van der Waals surface area contributed by atoms with Crippen molar-refractivity contribution in [3.05, 3.63) is 61.9 Å². The third-order valence-corrected chi connectivity index (χ3v) is 5.34. The molecule has 0 radical (unpaired) electrons. The van der Waals surface area contributed by atoms with Crippen LogP contribution in [0, 0.1) is 0 Å². The molecular formula is C19H23N4O3+. The number of aromatic hydroxyl groups is 1. The summed E-state index contributed by atoms with van der Waals surface area (Å²) < 4.78 is 1.25. The van der Waals surface area contributed by atoms with Crippen LogP contribution in [-0.4, -0.2) is 33.2 Å². The van der Waals surface area contributed by atoms with Crippen LogP contribution in [0.4, 0.5) is 0 Å². The van der Waals surface area contributed by atoms with Crippen LogP contribution in [0.2, 0.25) is 0 Å². The summed E-state index contributed by atoms with van der Waals surface area (Å²) in [6, 6.07) is 7.72. The lowest BCUT2D eigenvalue weighted by atomic mass is 9.94. The zero-order valence-corrected chi connectivity index (χ0v) is 14.9. The molecule has 2 atom stereocenters. The fourth-order valence-corrected chi connectivity index (χ4v) is 4.11. The van der Waals surface area contributed by atoms with E-state index in [-0.39, 0.29) is 17.5 Å². The van der Waals surface area contributed by atoms with Crippen LogP contribution in [0.25, 0.3) is 10.9 Å². The first-order valence-corrected chi connectivity index (χ1v) is 9.00. The molecule has 0 fully saturated rings. The van der Waals surface area contributed by atoms with E-state index in [9.17, 15) is 14.7 Å². The molecule has 1 aliphatic heterocycles. The number of likely N-dealkylation sites (N-methyl/N-ethyl adjacent to an activating group) is 1. The third-order valence-electron chi connectivity index (χ3n) is 5.34. The van der Waals surface area contributed by atoms with Crippen LogP contribution in [0.3, 0.4) is 0 Å². The Morgan fingerprint density at radius 1 is 1.27 bits per heavy atom. The summed E-state index contributed by atoms with van der Waals surface area (Å²) in [7, 11) is 2.01. The highest BCUT2D eigenvalue weighted by Gasteiger charge is 2.37. The molecule has 0 amide bonds. The molecule has 0 aliphatic carbocycles. The molecule has 3 aromatic rings. The van der Waals surface area contributed by atoms with E-state index >= 15 is 0 Å².